The highest BCUT2D eigenvalue weighted by atomic mass is 35.5. The summed E-state index contributed by atoms with van der Waals surface area (Å²) in [5, 5.41) is 0.456. The zero-order chi connectivity index (χ0) is 14.9. The average molecular weight is 300 g/mol. The second-order valence-corrected chi connectivity index (χ2v) is 6.53. The summed E-state index contributed by atoms with van der Waals surface area (Å²) < 4.78 is 13.2. The Bertz CT molecular complexity index is 478. The minimum absolute atomic E-state index is 0.0380. The summed E-state index contributed by atoms with van der Waals surface area (Å²) in [6.07, 6.45) is 0. The zero-order valence-corrected chi connectivity index (χ0v) is 13.1. The first-order valence-corrected chi connectivity index (χ1v) is 7.33. The molecule has 1 atom stereocenters. The van der Waals surface area contributed by atoms with Crippen molar-refractivity contribution in [3.8, 4) is 0 Å². The van der Waals surface area contributed by atoms with Gasteiger partial charge in [0.15, 0.2) is 0 Å². The summed E-state index contributed by atoms with van der Waals surface area (Å²) in [6.45, 7) is 7.76. The molecule has 0 aliphatic carbocycles. The zero-order valence-electron chi connectivity index (χ0n) is 12.4. The lowest BCUT2D eigenvalue weighted by atomic mass is 9.96. The standard InChI is InChI=1S/C15H23ClFN3/c1-15(2)10-20(7-6-19(15)3)14(9-18)12-5-4-11(17)8-13(12)16/h4-5,8,14H,6-7,9-10,18H2,1-3H3. The highest BCUT2D eigenvalue weighted by Gasteiger charge is 2.34. The molecule has 2 N–H and O–H groups in total. The maximum Gasteiger partial charge on any atom is 0.124 e. The third-order valence-electron chi connectivity index (χ3n) is 4.33. The van der Waals surface area contributed by atoms with Gasteiger partial charge >= 0.3 is 0 Å². The fraction of sp³-hybridized carbons (Fsp3) is 0.600. The number of hydrogen-bond donors (Lipinski definition) is 1. The predicted octanol–water partition coefficient (Wildman–Crippen LogP) is 2.50. The minimum Gasteiger partial charge on any atom is -0.329 e. The predicted molar refractivity (Wildman–Crippen MR) is 81.5 cm³/mol. The number of piperazine rings is 1. The van der Waals surface area contributed by atoms with Crippen molar-refractivity contribution in [2.75, 3.05) is 33.2 Å². The molecular formula is C15H23ClFN3. The van der Waals surface area contributed by atoms with E-state index in [4.69, 9.17) is 17.3 Å². The molecule has 1 aromatic carbocycles. The highest BCUT2D eigenvalue weighted by Crippen LogP contribution is 2.31. The number of rotatable bonds is 3. The van der Waals surface area contributed by atoms with E-state index < -0.39 is 0 Å². The molecule has 0 saturated carbocycles. The Balaban J connectivity index is 2.24. The number of likely N-dealkylation sites (N-methyl/N-ethyl adjacent to an activating group) is 1. The van der Waals surface area contributed by atoms with Gasteiger partial charge < -0.3 is 5.73 Å². The second-order valence-electron chi connectivity index (χ2n) is 6.12. The fourth-order valence-corrected chi connectivity index (χ4v) is 3.08. The van der Waals surface area contributed by atoms with E-state index in [9.17, 15) is 4.39 Å². The number of benzene rings is 1. The van der Waals surface area contributed by atoms with Crippen LogP contribution in [-0.2, 0) is 0 Å². The summed E-state index contributed by atoms with van der Waals surface area (Å²) in [5.74, 6) is -0.312. The van der Waals surface area contributed by atoms with Gasteiger partial charge in [-0.2, -0.15) is 0 Å². The third kappa shape index (κ3) is 3.14. The van der Waals surface area contributed by atoms with Crippen molar-refractivity contribution in [1.82, 2.24) is 9.80 Å². The van der Waals surface area contributed by atoms with Crippen LogP contribution in [0.2, 0.25) is 5.02 Å². The number of nitrogens with two attached hydrogens (primary N) is 1. The van der Waals surface area contributed by atoms with Crippen LogP contribution in [-0.4, -0.2) is 48.6 Å². The molecule has 1 fully saturated rings. The summed E-state index contributed by atoms with van der Waals surface area (Å²) in [5.41, 5.74) is 6.97. The average Bonchev–Trinajstić information content (AvgIpc) is 2.36. The second kappa shape index (κ2) is 5.98. The van der Waals surface area contributed by atoms with Crippen molar-refractivity contribution < 1.29 is 4.39 Å². The van der Waals surface area contributed by atoms with Gasteiger partial charge in [-0.05, 0) is 38.6 Å². The molecule has 112 valence electrons. The van der Waals surface area contributed by atoms with Gasteiger partial charge in [0, 0.05) is 42.8 Å². The van der Waals surface area contributed by atoms with E-state index in [0.717, 1.165) is 25.2 Å². The molecule has 1 unspecified atom stereocenters. The van der Waals surface area contributed by atoms with E-state index in [1.54, 1.807) is 6.07 Å². The van der Waals surface area contributed by atoms with Crippen LogP contribution in [0.1, 0.15) is 25.5 Å². The molecule has 0 aromatic heterocycles. The highest BCUT2D eigenvalue weighted by molar-refractivity contribution is 6.31. The van der Waals surface area contributed by atoms with Crippen molar-refractivity contribution in [3.63, 3.8) is 0 Å². The Morgan fingerprint density at radius 2 is 2.10 bits per heavy atom. The van der Waals surface area contributed by atoms with Crippen molar-refractivity contribution in [2.24, 2.45) is 5.73 Å². The molecule has 0 bridgehead atoms. The monoisotopic (exact) mass is 299 g/mol. The van der Waals surface area contributed by atoms with Crippen LogP contribution in [0, 0.1) is 5.82 Å². The Labute approximate surface area is 125 Å². The van der Waals surface area contributed by atoms with E-state index in [-0.39, 0.29) is 17.4 Å². The van der Waals surface area contributed by atoms with E-state index in [1.807, 2.05) is 0 Å². The van der Waals surface area contributed by atoms with Gasteiger partial charge in [0.25, 0.3) is 0 Å². The van der Waals surface area contributed by atoms with Crippen molar-refractivity contribution in [3.05, 3.63) is 34.6 Å². The van der Waals surface area contributed by atoms with E-state index in [1.165, 1.54) is 12.1 Å². The smallest absolute Gasteiger partial charge is 0.124 e. The molecular weight excluding hydrogens is 277 g/mol. The summed E-state index contributed by atoms with van der Waals surface area (Å²) >= 11 is 6.19. The first kappa shape index (κ1) is 15.7. The van der Waals surface area contributed by atoms with Crippen LogP contribution in [0.5, 0.6) is 0 Å². The van der Waals surface area contributed by atoms with Crippen LogP contribution in [0.3, 0.4) is 0 Å². The van der Waals surface area contributed by atoms with Gasteiger partial charge in [0.2, 0.25) is 0 Å². The van der Waals surface area contributed by atoms with Crippen LogP contribution in [0.4, 0.5) is 4.39 Å². The van der Waals surface area contributed by atoms with Crippen molar-refractivity contribution in [2.45, 2.75) is 25.4 Å². The van der Waals surface area contributed by atoms with Crippen molar-refractivity contribution >= 4 is 11.6 Å². The summed E-state index contributed by atoms with van der Waals surface area (Å²) in [7, 11) is 2.14. The molecule has 0 spiro atoms. The molecule has 1 heterocycles. The van der Waals surface area contributed by atoms with Gasteiger partial charge in [-0.15, -0.1) is 0 Å². The summed E-state index contributed by atoms with van der Waals surface area (Å²) in [4.78, 5) is 4.70. The van der Waals surface area contributed by atoms with Gasteiger partial charge in [0.05, 0.1) is 0 Å². The molecule has 2 rings (SSSR count). The SMILES string of the molecule is CN1CCN(C(CN)c2ccc(F)cc2Cl)CC1(C)C. The first-order chi connectivity index (χ1) is 9.35. The number of nitrogens with zero attached hydrogens (tertiary/aromatic N) is 2. The maximum absolute atomic E-state index is 13.2. The first-order valence-electron chi connectivity index (χ1n) is 6.95. The van der Waals surface area contributed by atoms with Crippen molar-refractivity contribution in [1.29, 1.82) is 0 Å². The summed E-state index contributed by atoms with van der Waals surface area (Å²) in [6, 6.07) is 4.60. The molecule has 0 radical (unpaired) electrons. The number of halogens is 2. The number of hydrogen-bond acceptors (Lipinski definition) is 3. The maximum atomic E-state index is 13.2. The van der Waals surface area contributed by atoms with E-state index in [2.05, 4.69) is 30.7 Å². The Morgan fingerprint density at radius 1 is 1.40 bits per heavy atom. The van der Waals surface area contributed by atoms with Gasteiger partial charge in [-0.1, -0.05) is 17.7 Å². The Kier molecular flexibility index (Phi) is 4.69. The molecule has 1 aliphatic heterocycles. The van der Waals surface area contributed by atoms with Gasteiger partial charge in [-0.3, -0.25) is 9.80 Å². The van der Waals surface area contributed by atoms with Crippen LogP contribution < -0.4 is 5.73 Å². The molecule has 0 amide bonds. The molecule has 1 aromatic rings. The lowest BCUT2D eigenvalue weighted by Crippen LogP contribution is -2.58. The molecule has 3 nitrogen and oxygen atoms in total. The molecule has 20 heavy (non-hydrogen) atoms. The Morgan fingerprint density at radius 3 is 2.65 bits per heavy atom. The lowest BCUT2D eigenvalue weighted by Gasteiger charge is -2.48. The van der Waals surface area contributed by atoms with Gasteiger partial charge in [0.1, 0.15) is 5.82 Å². The molecule has 1 aliphatic rings. The Hall–Kier alpha value is -0.680. The third-order valence-corrected chi connectivity index (χ3v) is 4.66. The lowest BCUT2D eigenvalue weighted by molar-refractivity contribution is 0.0180. The van der Waals surface area contributed by atoms with Gasteiger partial charge in [-0.25, -0.2) is 4.39 Å². The van der Waals surface area contributed by atoms with Crippen LogP contribution in [0.25, 0.3) is 0 Å². The minimum atomic E-state index is -0.312. The molecule has 1 saturated heterocycles. The quantitative estimate of drug-likeness (QED) is 0.931. The van der Waals surface area contributed by atoms with Crippen LogP contribution in [0.15, 0.2) is 18.2 Å². The van der Waals surface area contributed by atoms with E-state index >= 15 is 0 Å². The topological polar surface area (TPSA) is 32.5 Å². The largest absolute Gasteiger partial charge is 0.329 e. The normalized spacial score (nSPS) is 21.9. The fourth-order valence-electron chi connectivity index (χ4n) is 2.79. The van der Waals surface area contributed by atoms with Crippen LogP contribution >= 0.6 is 11.6 Å². The molecule has 5 heteroatoms. The van der Waals surface area contributed by atoms with E-state index in [0.29, 0.717) is 11.6 Å².